The fourth-order valence-electron chi connectivity index (χ4n) is 3.01. The third-order valence-electron chi connectivity index (χ3n) is 4.46. The Hall–Kier alpha value is -4.40. The highest BCUT2D eigenvalue weighted by molar-refractivity contribution is 5.76. The first-order chi connectivity index (χ1) is 14.2. The Balaban J connectivity index is 1.48. The minimum Gasteiger partial charge on any atom is -0.436 e. The lowest BCUT2D eigenvalue weighted by atomic mass is 10.1. The van der Waals surface area contributed by atoms with E-state index in [4.69, 9.17) is 4.42 Å². The van der Waals surface area contributed by atoms with Crippen LogP contribution >= 0.6 is 0 Å². The molecular weight excluding hydrogens is 372 g/mol. The molecule has 0 radical (unpaired) electrons. The summed E-state index contributed by atoms with van der Waals surface area (Å²) in [6.45, 7) is 0. The maximum Gasteiger partial charge on any atom is 0.269 e. The van der Waals surface area contributed by atoms with Gasteiger partial charge in [0.2, 0.25) is 5.89 Å². The number of aromatic nitrogens is 5. The predicted octanol–water partition coefficient (Wildman–Crippen LogP) is 4.05. The molecule has 0 spiro atoms. The number of hydrogen-bond acceptors (Lipinski definition) is 7. The maximum atomic E-state index is 10.8. The molecule has 0 fully saturated rings. The van der Waals surface area contributed by atoms with Gasteiger partial charge in [0.05, 0.1) is 10.6 Å². The highest BCUT2D eigenvalue weighted by atomic mass is 16.6. The lowest BCUT2D eigenvalue weighted by molar-refractivity contribution is -0.384. The number of benzene rings is 3. The Bertz CT molecular complexity index is 1290. The number of fused-ring (bicyclic) bond motifs is 1. The van der Waals surface area contributed by atoms with E-state index < -0.39 is 4.92 Å². The minimum atomic E-state index is -0.447. The van der Waals surface area contributed by atoms with Crippen LogP contribution in [0.25, 0.3) is 39.6 Å². The van der Waals surface area contributed by atoms with Crippen LogP contribution in [0.2, 0.25) is 0 Å². The first-order valence-corrected chi connectivity index (χ1v) is 8.69. The van der Waals surface area contributed by atoms with E-state index in [0.29, 0.717) is 17.3 Å². The van der Waals surface area contributed by atoms with Crippen LogP contribution in [-0.2, 0) is 0 Å². The monoisotopic (exact) mass is 384 g/mol. The molecule has 2 heterocycles. The molecule has 0 atom stereocenters. The van der Waals surface area contributed by atoms with Crippen LogP contribution in [0.15, 0.2) is 77.2 Å². The molecule has 0 N–H and O–H groups in total. The Kier molecular flexibility index (Phi) is 3.84. The molecule has 29 heavy (non-hydrogen) atoms. The second-order valence-corrected chi connectivity index (χ2v) is 6.25. The number of nitro groups is 1. The molecule has 9 heteroatoms. The molecule has 0 aliphatic heterocycles. The van der Waals surface area contributed by atoms with Gasteiger partial charge in [-0.15, -0.1) is 5.10 Å². The number of nitrogens with zero attached hydrogens (tertiary/aromatic N) is 6. The average molecular weight is 384 g/mol. The minimum absolute atomic E-state index is 0.00969. The Morgan fingerprint density at radius 2 is 1.62 bits per heavy atom. The van der Waals surface area contributed by atoms with Crippen LogP contribution in [0.3, 0.4) is 0 Å². The van der Waals surface area contributed by atoms with E-state index in [0.717, 1.165) is 22.4 Å². The van der Waals surface area contributed by atoms with Crippen LogP contribution < -0.4 is 0 Å². The van der Waals surface area contributed by atoms with Crippen molar-refractivity contribution in [1.29, 1.82) is 0 Å². The first-order valence-electron chi connectivity index (χ1n) is 8.69. The zero-order valence-electron chi connectivity index (χ0n) is 14.8. The predicted molar refractivity (Wildman–Crippen MR) is 104 cm³/mol. The van der Waals surface area contributed by atoms with E-state index in [1.165, 1.54) is 12.1 Å². The average Bonchev–Trinajstić information content (AvgIpc) is 3.41. The van der Waals surface area contributed by atoms with Gasteiger partial charge in [-0.1, -0.05) is 12.1 Å². The molecule has 3 aromatic carbocycles. The highest BCUT2D eigenvalue weighted by Crippen LogP contribution is 2.26. The van der Waals surface area contributed by atoms with Crippen molar-refractivity contribution in [1.82, 2.24) is 25.2 Å². The zero-order valence-corrected chi connectivity index (χ0v) is 14.8. The molecule has 0 unspecified atom stereocenters. The summed E-state index contributed by atoms with van der Waals surface area (Å²) in [5.41, 5.74) is 3.78. The van der Waals surface area contributed by atoms with Gasteiger partial charge in [-0.2, -0.15) is 4.68 Å². The van der Waals surface area contributed by atoms with Gasteiger partial charge in [0.1, 0.15) is 5.52 Å². The molecule has 5 rings (SSSR count). The van der Waals surface area contributed by atoms with Gasteiger partial charge < -0.3 is 4.42 Å². The van der Waals surface area contributed by atoms with Crippen molar-refractivity contribution >= 4 is 16.8 Å². The molecule has 0 saturated heterocycles. The van der Waals surface area contributed by atoms with Gasteiger partial charge >= 0.3 is 0 Å². The van der Waals surface area contributed by atoms with Crippen LogP contribution in [-0.4, -0.2) is 30.1 Å². The van der Waals surface area contributed by atoms with Crippen molar-refractivity contribution < 1.29 is 9.34 Å². The standard InChI is InChI=1S/C20H12N6O3/c27-26(28)16-11-5-13(6-12-16)19-22-23-24-25(19)15-9-7-14(8-10-15)20-21-17-3-1-2-4-18(17)29-20/h1-12H. The van der Waals surface area contributed by atoms with Crippen molar-refractivity contribution in [2.45, 2.75) is 0 Å². The van der Waals surface area contributed by atoms with E-state index in [1.807, 2.05) is 48.5 Å². The van der Waals surface area contributed by atoms with Gasteiger partial charge in [0.25, 0.3) is 5.69 Å². The molecule has 140 valence electrons. The number of non-ortho nitro benzene ring substituents is 1. The first kappa shape index (κ1) is 16.8. The summed E-state index contributed by atoms with van der Waals surface area (Å²) in [6, 6.07) is 21.1. The van der Waals surface area contributed by atoms with Crippen molar-refractivity contribution in [3.63, 3.8) is 0 Å². The molecule has 9 nitrogen and oxygen atoms in total. The normalized spacial score (nSPS) is 11.0. The van der Waals surface area contributed by atoms with E-state index in [2.05, 4.69) is 20.5 Å². The quantitative estimate of drug-likeness (QED) is 0.339. The summed E-state index contributed by atoms with van der Waals surface area (Å²) in [4.78, 5) is 14.9. The summed E-state index contributed by atoms with van der Waals surface area (Å²) in [6.07, 6.45) is 0. The van der Waals surface area contributed by atoms with Gasteiger partial charge in [-0.05, 0) is 59.0 Å². The third kappa shape index (κ3) is 3.00. The number of para-hydroxylation sites is 2. The Morgan fingerprint density at radius 3 is 2.34 bits per heavy atom. The zero-order chi connectivity index (χ0) is 19.8. The molecule has 0 amide bonds. The van der Waals surface area contributed by atoms with Gasteiger partial charge in [-0.25, -0.2) is 4.98 Å². The summed E-state index contributed by atoms with van der Waals surface area (Å²) in [5.74, 6) is 1.01. The van der Waals surface area contributed by atoms with Crippen LogP contribution in [0.4, 0.5) is 5.69 Å². The summed E-state index contributed by atoms with van der Waals surface area (Å²) >= 11 is 0. The number of rotatable bonds is 4. The van der Waals surface area contributed by atoms with Crippen molar-refractivity contribution in [3.05, 3.63) is 82.9 Å². The summed E-state index contributed by atoms with van der Waals surface area (Å²) in [7, 11) is 0. The van der Waals surface area contributed by atoms with Crippen LogP contribution in [0, 0.1) is 10.1 Å². The van der Waals surface area contributed by atoms with Gasteiger partial charge in [0.15, 0.2) is 11.4 Å². The molecule has 0 aliphatic carbocycles. The fourth-order valence-corrected chi connectivity index (χ4v) is 3.01. The third-order valence-corrected chi connectivity index (χ3v) is 4.46. The second kappa shape index (κ2) is 6.64. The summed E-state index contributed by atoms with van der Waals surface area (Å²) < 4.78 is 7.36. The van der Waals surface area contributed by atoms with Crippen molar-refractivity contribution in [2.75, 3.05) is 0 Å². The van der Waals surface area contributed by atoms with E-state index >= 15 is 0 Å². The Morgan fingerprint density at radius 1 is 0.897 bits per heavy atom. The second-order valence-electron chi connectivity index (χ2n) is 6.25. The molecule has 5 aromatic rings. The molecular formula is C20H12N6O3. The van der Waals surface area contributed by atoms with Gasteiger partial charge in [0, 0.05) is 23.3 Å². The summed E-state index contributed by atoms with van der Waals surface area (Å²) in [5, 5.41) is 22.7. The molecule has 0 aliphatic rings. The van der Waals surface area contributed by atoms with E-state index in [1.54, 1.807) is 16.8 Å². The molecule has 0 saturated carbocycles. The smallest absolute Gasteiger partial charge is 0.269 e. The van der Waals surface area contributed by atoms with Crippen LogP contribution in [0.5, 0.6) is 0 Å². The van der Waals surface area contributed by atoms with Crippen LogP contribution in [0.1, 0.15) is 0 Å². The largest absolute Gasteiger partial charge is 0.436 e. The lowest BCUT2D eigenvalue weighted by Crippen LogP contribution is -2.00. The number of nitro benzene ring substituents is 1. The van der Waals surface area contributed by atoms with Crippen molar-refractivity contribution in [3.8, 4) is 28.5 Å². The highest BCUT2D eigenvalue weighted by Gasteiger charge is 2.14. The fraction of sp³-hybridized carbons (Fsp3) is 0. The molecule has 0 bridgehead atoms. The number of hydrogen-bond donors (Lipinski definition) is 0. The number of tetrazole rings is 1. The topological polar surface area (TPSA) is 113 Å². The molecule has 2 aromatic heterocycles. The Labute approximate surface area is 163 Å². The SMILES string of the molecule is O=[N+]([O-])c1ccc(-c2nnnn2-c2ccc(-c3nc4ccccc4o3)cc2)cc1. The maximum absolute atomic E-state index is 10.8. The number of oxazole rings is 1. The van der Waals surface area contributed by atoms with E-state index in [-0.39, 0.29) is 5.69 Å². The van der Waals surface area contributed by atoms with Crippen molar-refractivity contribution in [2.24, 2.45) is 0 Å². The lowest BCUT2D eigenvalue weighted by Gasteiger charge is -2.05. The van der Waals surface area contributed by atoms with E-state index in [9.17, 15) is 10.1 Å². The van der Waals surface area contributed by atoms with Gasteiger partial charge in [-0.3, -0.25) is 10.1 Å².